The summed E-state index contributed by atoms with van der Waals surface area (Å²) in [5, 5.41) is 4.22. The lowest BCUT2D eigenvalue weighted by Gasteiger charge is -1.81. The molecule has 2 aliphatic carbocycles. The van der Waals surface area contributed by atoms with Crippen LogP contribution in [0, 0.1) is 0 Å². The van der Waals surface area contributed by atoms with Crippen LogP contribution in [0.2, 0.25) is 0 Å². The summed E-state index contributed by atoms with van der Waals surface area (Å²) in [6.45, 7) is 0. The van der Waals surface area contributed by atoms with Gasteiger partial charge in [-0.25, -0.2) is 0 Å². The minimum Gasteiger partial charge on any atom is -0.258 e. The average Bonchev–Trinajstić information content (AvgIpc) is 2.33. The molecule has 0 saturated heterocycles. The Morgan fingerprint density at radius 3 is 1.86 bits per heavy atom. The molecule has 2 aliphatic rings. The third-order valence-electron chi connectivity index (χ3n) is 1.06. The van der Waals surface area contributed by atoms with Crippen LogP contribution in [0.25, 0.3) is 0 Å². The molecule has 0 atom stereocenters. The van der Waals surface area contributed by atoms with Crippen molar-refractivity contribution in [1.82, 2.24) is 5.32 Å². The molecular weight excluding hydrogens is 86.1 g/mol. The zero-order valence-corrected chi connectivity index (χ0v) is 4.02. The van der Waals surface area contributed by atoms with Crippen LogP contribution in [0.5, 0.6) is 0 Å². The standard InChI is InChI=1S/C6H6N/c1-2-5(1)7-6-3-4-6/h1,3H,2,4H2. The molecule has 0 aromatic carbocycles. The minimum absolute atomic E-state index is 1.14. The van der Waals surface area contributed by atoms with Crippen molar-refractivity contribution in [3.8, 4) is 0 Å². The fraction of sp³-hybridized carbons (Fsp3) is 0.333. The molecular formula is C6H6N. The van der Waals surface area contributed by atoms with E-state index in [9.17, 15) is 0 Å². The van der Waals surface area contributed by atoms with E-state index in [1.807, 2.05) is 0 Å². The van der Waals surface area contributed by atoms with Crippen molar-refractivity contribution in [3.63, 3.8) is 0 Å². The maximum atomic E-state index is 4.22. The Morgan fingerprint density at radius 1 is 1.14 bits per heavy atom. The summed E-state index contributed by atoms with van der Waals surface area (Å²) in [6, 6.07) is 0. The molecule has 1 heteroatoms. The van der Waals surface area contributed by atoms with Crippen LogP contribution >= 0.6 is 0 Å². The van der Waals surface area contributed by atoms with E-state index in [-0.39, 0.29) is 0 Å². The maximum Gasteiger partial charge on any atom is 0.0409 e. The van der Waals surface area contributed by atoms with Gasteiger partial charge in [-0.3, -0.25) is 5.32 Å². The van der Waals surface area contributed by atoms with Crippen LogP contribution < -0.4 is 5.32 Å². The predicted molar refractivity (Wildman–Crippen MR) is 27.5 cm³/mol. The molecule has 2 rings (SSSR count). The Kier molecular flexibility index (Phi) is 0.432. The first kappa shape index (κ1) is 3.30. The van der Waals surface area contributed by atoms with Gasteiger partial charge in [0.25, 0.3) is 0 Å². The normalized spacial score (nSPS) is 22.9. The smallest absolute Gasteiger partial charge is 0.0409 e. The van der Waals surface area contributed by atoms with Crippen LogP contribution in [-0.4, -0.2) is 0 Å². The first-order chi connectivity index (χ1) is 3.45. The van der Waals surface area contributed by atoms with Crippen LogP contribution in [0.15, 0.2) is 23.5 Å². The van der Waals surface area contributed by atoms with Gasteiger partial charge < -0.3 is 0 Å². The molecule has 0 bridgehead atoms. The van der Waals surface area contributed by atoms with Gasteiger partial charge in [0.2, 0.25) is 0 Å². The van der Waals surface area contributed by atoms with E-state index in [1.165, 1.54) is 11.4 Å². The average molecular weight is 92.1 g/mol. The van der Waals surface area contributed by atoms with E-state index in [0.29, 0.717) is 0 Å². The van der Waals surface area contributed by atoms with E-state index in [4.69, 9.17) is 0 Å². The molecule has 0 aromatic heterocycles. The molecule has 0 aromatic rings. The highest BCUT2D eigenvalue weighted by molar-refractivity contribution is 5.30. The summed E-state index contributed by atoms with van der Waals surface area (Å²) in [7, 11) is 0. The second kappa shape index (κ2) is 0.915. The van der Waals surface area contributed by atoms with Crippen LogP contribution in [0.1, 0.15) is 12.8 Å². The summed E-state index contributed by atoms with van der Waals surface area (Å²) < 4.78 is 0. The third-order valence-corrected chi connectivity index (χ3v) is 1.06. The van der Waals surface area contributed by atoms with Crippen molar-refractivity contribution in [2.45, 2.75) is 12.8 Å². The molecule has 1 nitrogen and oxygen atoms in total. The van der Waals surface area contributed by atoms with Gasteiger partial charge in [-0.2, -0.15) is 0 Å². The summed E-state index contributed by atoms with van der Waals surface area (Å²) in [5.41, 5.74) is 2.56. The van der Waals surface area contributed by atoms with E-state index in [1.54, 1.807) is 0 Å². The first-order valence-corrected chi connectivity index (χ1v) is 2.55. The van der Waals surface area contributed by atoms with Gasteiger partial charge in [0, 0.05) is 24.2 Å². The number of hydrogen-bond acceptors (Lipinski definition) is 0. The van der Waals surface area contributed by atoms with Crippen molar-refractivity contribution in [2.75, 3.05) is 0 Å². The van der Waals surface area contributed by atoms with Crippen molar-refractivity contribution in [3.05, 3.63) is 23.5 Å². The molecule has 0 amide bonds. The number of hydrogen-bond donors (Lipinski definition) is 0. The van der Waals surface area contributed by atoms with Crippen LogP contribution in [0.4, 0.5) is 0 Å². The van der Waals surface area contributed by atoms with E-state index in [0.717, 1.165) is 12.8 Å². The highest BCUT2D eigenvalue weighted by Gasteiger charge is 2.15. The van der Waals surface area contributed by atoms with Gasteiger partial charge in [0.1, 0.15) is 0 Å². The van der Waals surface area contributed by atoms with E-state index >= 15 is 0 Å². The molecule has 0 heterocycles. The van der Waals surface area contributed by atoms with E-state index in [2.05, 4.69) is 17.5 Å². The molecule has 0 N–H and O–H groups in total. The topological polar surface area (TPSA) is 14.1 Å². The molecule has 0 fully saturated rings. The number of allylic oxidation sites excluding steroid dienone is 4. The molecule has 0 unspecified atom stereocenters. The SMILES string of the molecule is C1=C([N]C2=CC2)C1. The molecule has 1 radical (unpaired) electrons. The fourth-order valence-corrected chi connectivity index (χ4v) is 0.458. The molecule has 0 saturated carbocycles. The van der Waals surface area contributed by atoms with Crippen LogP contribution in [-0.2, 0) is 0 Å². The van der Waals surface area contributed by atoms with Crippen LogP contribution in [0.3, 0.4) is 0 Å². The Hall–Kier alpha value is -0.720. The van der Waals surface area contributed by atoms with Crippen molar-refractivity contribution < 1.29 is 0 Å². The lowest BCUT2D eigenvalue weighted by molar-refractivity contribution is 1.03. The third kappa shape index (κ3) is 0.660. The largest absolute Gasteiger partial charge is 0.258 e. The zero-order chi connectivity index (χ0) is 4.69. The summed E-state index contributed by atoms with van der Waals surface area (Å²) in [4.78, 5) is 0. The maximum absolute atomic E-state index is 4.22. The highest BCUT2D eigenvalue weighted by atomic mass is 14.9. The Bertz CT molecular complexity index is 136. The van der Waals surface area contributed by atoms with E-state index < -0.39 is 0 Å². The fourth-order valence-electron chi connectivity index (χ4n) is 0.458. The number of nitrogens with zero attached hydrogens (tertiary/aromatic N) is 1. The molecule has 0 spiro atoms. The molecule has 0 aliphatic heterocycles. The Balaban J connectivity index is 1.90. The Labute approximate surface area is 42.7 Å². The number of rotatable bonds is 2. The van der Waals surface area contributed by atoms with Gasteiger partial charge in [-0.1, -0.05) is 12.2 Å². The van der Waals surface area contributed by atoms with Crippen molar-refractivity contribution in [1.29, 1.82) is 0 Å². The Morgan fingerprint density at radius 2 is 1.57 bits per heavy atom. The monoisotopic (exact) mass is 92.1 g/mol. The molecule has 7 heavy (non-hydrogen) atoms. The quantitative estimate of drug-likeness (QED) is 0.485. The second-order valence-electron chi connectivity index (χ2n) is 1.91. The molecule has 35 valence electrons. The second-order valence-corrected chi connectivity index (χ2v) is 1.91. The minimum atomic E-state index is 1.14. The zero-order valence-electron chi connectivity index (χ0n) is 4.02. The van der Waals surface area contributed by atoms with Gasteiger partial charge in [0.05, 0.1) is 0 Å². The lowest BCUT2D eigenvalue weighted by atomic mass is 10.7. The van der Waals surface area contributed by atoms with Gasteiger partial charge >= 0.3 is 0 Å². The summed E-state index contributed by atoms with van der Waals surface area (Å²) in [6.07, 6.45) is 6.55. The van der Waals surface area contributed by atoms with Crippen molar-refractivity contribution in [2.24, 2.45) is 0 Å². The summed E-state index contributed by atoms with van der Waals surface area (Å²) in [5.74, 6) is 0. The van der Waals surface area contributed by atoms with Crippen molar-refractivity contribution >= 4 is 0 Å². The lowest BCUT2D eigenvalue weighted by Crippen LogP contribution is -1.84. The highest BCUT2D eigenvalue weighted by Crippen LogP contribution is 2.24. The van der Waals surface area contributed by atoms with Gasteiger partial charge in [-0.15, -0.1) is 0 Å². The van der Waals surface area contributed by atoms with Gasteiger partial charge in [-0.05, 0) is 0 Å². The summed E-state index contributed by atoms with van der Waals surface area (Å²) >= 11 is 0. The van der Waals surface area contributed by atoms with Gasteiger partial charge in [0.15, 0.2) is 0 Å². The predicted octanol–water partition coefficient (Wildman–Crippen LogP) is 1.17. The first-order valence-electron chi connectivity index (χ1n) is 2.55.